The zero-order valence-electron chi connectivity index (χ0n) is 13.5. The summed E-state index contributed by atoms with van der Waals surface area (Å²) in [6.45, 7) is 4.08. The molecule has 0 spiro atoms. The van der Waals surface area contributed by atoms with Crippen LogP contribution < -0.4 is 15.4 Å². The molecule has 0 bridgehead atoms. The Kier molecular flexibility index (Phi) is 10.8. The molecule has 1 amide bonds. The Morgan fingerprint density at radius 1 is 1.24 bits per heavy atom. The summed E-state index contributed by atoms with van der Waals surface area (Å²) in [5, 5.41) is 5.90. The fraction of sp³-hybridized carbons (Fsp3) is 0.533. The molecule has 0 aromatic heterocycles. The summed E-state index contributed by atoms with van der Waals surface area (Å²) in [4.78, 5) is 13.8. The highest BCUT2D eigenvalue weighted by atomic mass is 35.5. The van der Waals surface area contributed by atoms with Gasteiger partial charge in [0, 0.05) is 26.2 Å². The monoisotopic (exact) mass is 403 g/mol. The highest BCUT2D eigenvalue weighted by Gasteiger charge is 2.30. The first-order chi connectivity index (χ1) is 10.9. The largest absolute Gasteiger partial charge is 0.492 e. The minimum atomic E-state index is -4.39. The van der Waals surface area contributed by atoms with Gasteiger partial charge in [-0.05, 0) is 18.2 Å². The van der Waals surface area contributed by atoms with Crippen LogP contribution in [0.5, 0.6) is 5.75 Å². The van der Waals surface area contributed by atoms with Crippen LogP contribution in [0.4, 0.5) is 13.2 Å². The standard InChI is InChI=1S/C15H20F3N3O2.2ClH/c16-15(17,18)12-2-1-3-13(10-12)23-9-6-20-14(22)11-21-7-4-19-5-8-21;;/h1-3,10,19H,4-9,11H2,(H,20,22);2*1H. The van der Waals surface area contributed by atoms with Gasteiger partial charge < -0.3 is 15.4 Å². The Morgan fingerprint density at radius 3 is 2.56 bits per heavy atom. The van der Waals surface area contributed by atoms with E-state index in [1.807, 2.05) is 4.90 Å². The third-order valence-corrected chi connectivity index (χ3v) is 3.43. The van der Waals surface area contributed by atoms with Crippen LogP contribution in [0.15, 0.2) is 24.3 Å². The molecule has 1 aliphatic heterocycles. The quantitative estimate of drug-likeness (QED) is 0.712. The van der Waals surface area contributed by atoms with E-state index in [1.165, 1.54) is 12.1 Å². The number of hydrogen-bond acceptors (Lipinski definition) is 4. The lowest BCUT2D eigenvalue weighted by Crippen LogP contribution is -2.47. The van der Waals surface area contributed by atoms with Gasteiger partial charge in [-0.15, -0.1) is 24.8 Å². The molecule has 0 atom stereocenters. The summed E-state index contributed by atoms with van der Waals surface area (Å²) in [5.41, 5.74) is -0.752. The average Bonchev–Trinajstić information content (AvgIpc) is 2.52. The number of alkyl halides is 3. The number of carbonyl (C=O) groups excluding carboxylic acids is 1. The number of piperazine rings is 1. The number of carbonyl (C=O) groups is 1. The van der Waals surface area contributed by atoms with Gasteiger partial charge in [0.2, 0.25) is 5.91 Å². The number of nitrogens with zero attached hydrogens (tertiary/aromatic N) is 1. The number of ether oxygens (including phenoxy) is 1. The number of benzene rings is 1. The molecule has 1 aromatic carbocycles. The first kappa shape index (κ1) is 23.8. The molecule has 10 heteroatoms. The lowest BCUT2D eigenvalue weighted by Gasteiger charge is -2.26. The van der Waals surface area contributed by atoms with Crippen LogP contribution in [0.1, 0.15) is 5.56 Å². The molecule has 0 radical (unpaired) electrons. The average molecular weight is 404 g/mol. The van der Waals surface area contributed by atoms with E-state index in [4.69, 9.17) is 4.74 Å². The second-order valence-corrected chi connectivity index (χ2v) is 5.25. The van der Waals surface area contributed by atoms with Crippen molar-refractivity contribution in [3.63, 3.8) is 0 Å². The normalized spacial score (nSPS) is 14.8. The van der Waals surface area contributed by atoms with E-state index >= 15 is 0 Å². The van der Waals surface area contributed by atoms with Crippen LogP contribution >= 0.6 is 24.8 Å². The van der Waals surface area contributed by atoms with Crippen LogP contribution in [-0.4, -0.2) is 56.7 Å². The molecular weight excluding hydrogens is 382 g/mol. The third kappa shape index (κ3) is 8.62. The highest BCUT2D eigenvalue weighted by Crippen LogP contribution is 2.31. The number of rotatable bonds is 6. The minimum Gasteiger partial charge on any atom is -0.492 e. The number of hydrogen-bond donors (Lipinski definition) is 2. The van der Waals surface area contributed by atoms with E-state index in [0.29, 0.717) is 6.54 Å². The molecule has 1 saturated heterocycles. The first-order valence-electron chi connectivity index (χ1n) is 7.45. The molecule has 144 valence electrons. The minimum absolute atomic E-state index is 0. The molecular formula is C15H22Cl2F3N3O2. The summed E-state index contributed by atoms with van der Waals surface area (Å²) >= 11 is 0. The Labute approximate surface area is 157 Å². The van der Waals surface area contributed by atoms with E-state index in [9.17, 15) is 18.0 Å². The van der Waals surface area contributed by atoms with Gasteiger partial charge in [-0.3, -0.25) is 9.69 Å². The van der Waals surface area contributed by atoms with E-state index in [1.54, 1.807) is 0 Å². The predicted molar refractivity (Wildman–Crippen MR) is 93.8 cm³/mol. The van der Waals surface area contributed by atoms with Gasteiger partial charge >= 0.3 is 6.18 Å². The van der Waals surface area contributed by atoms with E-state index in [-0.39, 0.29) is 49.6 Å². The molecule has 0 aliphatic carbocycles. The lowest BCUT2D eigenvalue weighted by molar-refractivity contribution is -0.137. The van der Waals surface area contributed by atoms with Gasteiger partial charge in [0.25, 0.3) is 0 Å². The van der Waals surface area contributed by atoms with Crippen LogP contribution in [0.3, 0.4) is 0 Å². The lowest BCUT2D eigenvalue weighted by atomic mass is 10.2. The molecule has 0 saturated carbocycles. The Morgan fingerprint density at radius 2 is 1.92 bits per heavy atom. The zero-order chi connectivity index (χ0) is 16.7. The summed E-state index contributed by atoms with van der Waals surface area (Å²) in [5.74, 6) is 0.0238. The van der Waals surface area contributed by atoms with Crippen molar-refractivity contribution >= 4 is 30.7 Å². The maximum Gasteiger partial charge on any atom is 0.416 e. The van der Waals surface area contributed by atoms with Gasteiger partial charge in [0.05, 0.1) is 18.7 Å². The van der Waals surface area contributed by atoms with Crippen molar-refractivity contribution in [2.45, 2.75) is 6.18 Å². The Hall–Kier alpha value is -1.22. The second kappa shape index (κ2) is 11.4. The Balaban J connectivity index is 0.00000288. The fourth-order valence-electron chi connectivity index (χ4n) is 2.25. The highest BCUT2D eigenvalue weighted by molar-refractivity contribution is 5.85. The topological polar surface area (TPSA) is 53.6 Å². The van der Waals surface area contributed by atoms with E-state index in [0.717, 1.165) is 38.3 Å². The van der Waals surface area contributed by atoms with Crippen LogP contribution in [0.25, 0.3) is 0 Å². The van der Waals surface area contributed by atoms with Crippen LogP contribution in [0, 0.1) is 0 Å². The van der Waals surface area contributed by atoms with E-state index < -0.39 is 11.7 Å². The van der Waals surface area contributed by atoms with Crippen molar-refractivity contribution in [2.75, 3.05) is 45.9 Å². The van der Waals surface area contributed by atoms with Gasteiger partial charge in [-0.1, -0.05) is 6.07 Å². The van der Waals surface area contributed by atoms with Gasteiger partial charge in [0.15, 0.2) is 0 Å². The van der Waals surface area contributed by atoms with Gasteiger partial charge in [-0.25, -0.2) is 0 Å². The summed E-state index contributed by atoms with van der Waals surface area (Å²) < 4.78 is 42.9. The smallest absolute Gasteiger partial charge is 0.416 e. The first-order valence-corrected chi connectivity index (χ1v) is 7.45. The maximum absolute atomic E-state index is 12.6. The molecule has 0 unspecified atom stereocenters. The van der Waals surface area contributed by atoms with Crippen LogP contribution in [0.2, 0.25) is 0 Å². The molecule has 1 heterocycles. The number of amides is 1. The van der Waals surface area contributed by atoms with Crippen molar-refractivity contribution in [2.24, 2.45) is 0 Å². The summed E-state index contributed by atoms with van der Waals surface area (Å²) in [7, 11) is 0. The fourth-order valence-corrected chi connectivity index (χ4v) is 2.25. The van der Waals surface area contributed by atoms with Gasteiger partial charge in [-0.2, -0.15) is 13.2 Å². The third-order valence-electron chi connectivity index (χ3n) is 3.43. The molecule has 1 aliphatic rings. The summed E-state index contributed by atoms with van der Waals surface area (Å²) in [6.07, 6.45) is -4.39. The molecule has 1 aromatic rings. The van der Waals surface area contributed by atoms with Crippen molar-refractivity contribution in [1.29, 1.82) is 0 Å². The Bertz CT molecular complexity index is 527. The van der Waals surface area contributed by atoms with Gasteiger partial charge in [0.1, 0.15) is 12.4 Å². The van der Waals surface area contributed by atoms with E-state index in [2.05, 4.69) is 10.6 Å². The summed E-state index contributed by atoms with van der Waals surface area (Å²) in [6, 6.07) is 4.68. The molecule has 2 rings (SSSR count). The second-order valence-electron chi connectivity index (χ2n) is 5.25. The molecule has 5 nitrogen and oxygen atoms in total. The zero-order valence-corrected chi connectivity index (χ0v) is 15.1. The number of halogens is 5. The SMILES string of the molecule is Cl.Cl.O=C(CN1CCNCC1)NCCOc1cccc(C(F)(F)F)c1. The molecule has 25 heavy (non-hydrogen) atoms. The molecule has 2 N–H and O–H groups in total. The van der Waals surface area contributed by atoms with Crippen molar-refractivity contribution < 1.29 is 22.7 Å². The predicted octanol–water partition coefficient (Wildman–Crippen LogP) is 1.95. The van der Waals surface area contributed by atoms with Crippen molar-refractivity contribution in [3.8, 4) is 5.75 Å². The number of nitrogens with one attached hydrogen (secondary N) is 2. The van der Waals surface area contributed by atoms with Crippen LogP contribution in [-0.2, 0) is 11.0 Å². The van der Waals surface area contributed by atoms with Crippen molar-refractivity contribution in [1.82, 2.24) is 15.5 Å². The maximum atomic E-state index is 12.6. The molecule has 1 fully saturated rings. The van der Waals surface area contributed by atoms with Crippen molar-refractivity contribution in [3.05, 3.63) is 29.8 Å².